The average Bonchev–Trinajstić information content (AvgIpc) is 2.72. The van der Waals surface area contributed by atoms with Crippen LogP contribution in [0, 0.1) is 0 Å². The van der Waals surface area contributed by atoms with Gasteiger partial charge in [0.15, 0.2) is 0 Å². The van der Waals surface area contributed by atoms with Crippen LogP contribution in [0.5, 0.6) is 0 Å². The molecule has 1 heterocycles. The van der Waals surface area contributed by atoms with Crippen molar-refractivity contribution in [2.45, 2.75) is 64.2 Å². The fraction of sp³-hybridized carbons (Fsp3) is 0.652. The zero-order chi connectivity index (χ0) is 20.0. The number of benzene rings is 1. The summed E-state index contributed by atoms with van der Waals surface area (Å²) in [6.45, 7) is 5.86. The molecule has 28 heavy (non-hydrogen) atoms. The highest BCUT2D eigenvalue weighted by Gasteiger charge is 2.25. The molecule has 1 aliphatic heterocycles. The minimum absolute atomic E-state index is 0.151. The minimum atomic E-state index is -0.336. The normalized spacial score (nSPS) is 15.9. The van der Waals surface area contributed by atoms with Crippen molar-refractivity contribution in [3.05, 3.63) is 35.9 Å². The molecule has 0 aromatic heterocycles. The number of rotatable bonds is 12. The van der Waals surface area contributed by atoms with Crippen LogP contribution in [0.3, 0.4) is 0 Å². The van der Waals surface area contributed by atoms with Crippen molar-refractivity contribution >= 4 is 11.8 Å². The number of morpholine rings is 1. The van der Waals surface area contributed by atoms with Gasteiger partial charge in [-0.25, -0.2) is 0 Å². The van der Waals surface area contributed by atoms with Gasteiger partial charge >= 0.3 is 0 Å². The number of nitrogens with one attached hydrogen (secondary N) is 1. The van der Waals surface area contributed by atoms with Gasteiger partial charge in [-0.15, -0.1) is 0 Å². The first-order valence-electron chi connectivity index (χ1n) is 10.9. The molecule has 0 aliphatic carbocycles. The van der Waals surface area contributed by atoms with Crippen LogP contribution in [0.15, 0.2) is 30.3 Å². The zero-order valence-electron chi connectivity index (χ0n) is 17.3. The van der Waals surface area contributed by atoms with E-state index in [9.17, 15) is 9.59 Å². The van der Waals surface area contributed by atoms with Gasteiger partial charge in [0.2, 0.25) is 11.8 Å². The Kier molecular flexibility index (Phi) is 10.8. The van der Waals surface area contributed by atoms with Crippen molar-refractivity contribution in [3.63, 3.8) is 0 Å². The van der Waals surface area contributed by atoms with E-state index in [1.54, 1.807) is 0 Å². The fourth-order valence-corrected chi connectivity index (χ4v) is 3.60. The molecule has 0 bridgehead atoms. The Bertz CT molecular complexity index is 570. The maximum atomic E-state index is 12.8. The number of hydrogen-bond acceptors (Lipinski definition) is 4. The summed E-state index contributed by atoms with van der Waals surface area (Å²) in [6.07, 6.45) is 8.57. The highest BCUT2D eigenvalue weighted by Crippen LogP contribution is 2.18. The van der Waals surface area contributed by atoms with Crippen molar-refractivity contribution in [2.75, 3.05) is 32.8 Å². The maximum Gasteiger partial charge on any atom is 0.235 e. The molecule has 5 nitrogen and oxygen atoms in total. The lowest BCUT2D eigenvalue weighted by Gasteiger charge is -2.30. The second-order valence-electron chi connectivity index (χ2n) is 7.66. The van der Waals surface area contributed by atoms with E-state index < -0.39 is 0 Å². The van der Waals surface area contributed by atoms with E-state index in [-0.39, 0.29) is 17.7 Å². The van der Waals surface area contributed by atoms with Crippen molar-refractivity contribution in [3.8, 4) is 0 Å². The molecule has 5 heteroatoms. The number of amides is 2. The highest BCUT2D eigenvalue weighted by atomic mass is 16.5. The van der Waals surface area contributed by atoms with Gasteiger partial charge in [0.05, 0.1) is 19.1 Å². The molecule has 0 radical (unpaired) electrons. The van der Waals surface area contributed by atoms with Gasteiger partial charge in [-0.2, -0.15) is 0 Å². The number of unbranched alkanes of at least 4 members (excludes halogenated alkanes) is 6. The lowest BCUT2D eigenvalue weighted by molar-refractivity contribution is -0.131. The molecule has 0 saturated carbocycles. The van der Waals surface area contributed by atoms with Crippen LogP contribution in [0.2, 0.25) is 0 Å². The lowest BCUT2D eigenvalue weighted by atomic mass is 9.97. The Morgan fingerprint density at radius 1 is 1.00 bits per heavy atom. The van der Waals surface area contributed by atoms with Crippen LogP contribution in [0.1, 0.15) is 69.8 Å². The van der Waals surface area contributed by atoms with Crippen LogP contribution in [-0.4, -0.2) is 49.6 Å². The number of nitrogens with zero attached hydrogens (tertiary/aromatic N) is 1. The maximum absolute atomic E-state index is 12.8. The van der Waals surface area contributed by atoms with Crippen LogP contribution >= 0.6 is 0 Å². The number of hydrogen-bond donors (Lipinski definition) is 1. The summed E-state index contributed by atoms with van der Waals surface area (Å²) in [5.41, 5.74) is 0.954. The molecule has 1 N–H and O–H groups in total. The number of ether oxygens (including phenoxy) is 1. The topological polar surface area (TPSA) is 58.6 Å². The van der Waals surface area contributed by atoms with Crippen molar-refractivity contribution in [1.82, 2.24) is 10.2 Å². The summed E-state index contributed by atoms with van der Waals surface area (Å²) in [7, 11) is 0. The third-order valence-electron chi connectivity index (χ3n) is 5.33. The predicted molar refractivity (Wildman–Crippen MR) is 112 cm³/mol. The van der Waals surface area contributed by atoms with Crippen molar-refractivity contribution in [2.24, 2.45) is 0 Å². The molecule has 1 saturated heterocycles. The SMILES string of the molecule is CCCCCCCCCC(=O)NC(=O)C(CN1CCOCC1)c1ccccc1. The lowest BCUT2D eigenvalue weighted by Crippen LogP contribution is -2.43. The van der Waals surface area contributed by atoms with Crippen LogP contribution < -0.4 is 5.32 Å². The van der Waals surface area contributed by atoms with E-state index in [0.29, 0.717) is 26.2 Å². The summed E-state index contributed by atoms with van der Waals surface area (Å²) in [4.78, 5) is 27.3. The van der Waals surface area contributed by atoms with Crippen molar-refractivity contribution in [1.29, 1.82) is 0 Å². The summed E-state index contributed by atoms with van der Waals surface area (Å²) in [6, 6.07) is 9.75. The van der Waals surface area contributed by atoms with Gasteiger partial charge in [-0.1, -0.05) is 75.8 Å². The van der Waals surface area contributed by atoms with Crippen LogP contribution in [-0.2, 0) is 14.3 Å². The molecular formula is C23H36N2O3. The van der Waals surface area contributed by atoms with E-state index in [1.807, 2.05) is 30.3 Å². The molecule has 1 aromatic carbocycles. The predicted octanol–water partition coefficient (Wildman–Crippen LogP) is 3.89. The Morgan fingerprint density at radius 3 is 2.32 bits per heavy atom. The first kappa shape index (κ1) is 22.6. The average molecular weight is 389 g/mol. The van der Waals surface area contributed by atoms with Gasteiger partial charge in [-0.3, -0.25) is 19.8 Å². The van der Waals surface area contributed by atoms with Gasteiger partial charge in [0, 0.05) is 26.1 Å². The van der Waals surface area contributed by atoms with E-state index >= 15 is 0 Å². The highest BCUT2D eigenvalue weighted by molar-refractivity contribution is 5.98. The number of imide groups is 1. The molecule has 1 aromatic rings. The van der Waals surface area contributed by atoms with Gasteiger partial charge < -0.3 is 4.74 Å². The standard InChI is InChI=1S/C23H36N2O3/c1-2-3-4-5-6-7-11-14-22(26)24-23(27)21(20-12-9-8-10-13-20)19-25-15-17-28-18-16-25/h8-10,12-13,21H,2-7,11,14-19H2,1H3,(H,24,26,27). The van der Waals surface area contributed by atoms with Gasteiger partial charge in [0.25, 0.3) is 0 Å². The quantitative estimate of drug-likeness (QED) is 0.552. The molecule has 1 aliphatic rings. The Labute approximate surface area is 169 Å². The molecule has 1 atom stereocenters. The Hall–Kier alpha value is -1.72. The van der Waals surface area contributed by atoms with E-state index in [4.69, 9.17) is 4.74 Å². The second-order valence-corrected chi connectivity index (χ2v) is 7.66. The third-order valence-corrected chi connectivity index (χ3v) is 5.33. The number of carbonyl (C=O) groups excluding carboxylic acids is 2. The summed E-state index contributed by atoms with van der Waals surface area (Å²) in [5.74, 6) is -0.676. The third kappa shape index (κ3) is 8.53. The molecule has 156 valence electrons. The fourth-order valence-electron chi connectivity index (χ4n) is 3.60. The first-order chi connectivity index (χ1) is 13.7. The minimum Gasteiger partial charge on any atom is -0.379 e. The first-order valence-corrected chi connectivity index (χ1v) is 10.9. The van der Waals surface area contributed by atoms with Crippen LogP contribution in [0.25, 0.3) is 0 Å². The summed E-state index contributed by atoms with van der Waals surface area (Å²) < 4.78 is 5.40. The molecule has 1 fully saturated rings. The molecule has 2 amide bonds. The van der Waals surface area contributed by atoms with Gasteiger partial charge in [-0.05, 0) is 12.0 Å². The molecule has 2 rings (SSSR count). The largest absolute Gasteiger partial charge is 0.379 e. The second kappa shape index (κ2) is 13.5. The Morgan fingerprint density at radius 2 is 1.64 bits per heavy atom. The molecule has 1 unspecified atom stereocenters. The Balaban J connectivity index is 1.79. The van der Waals surface area contributed by atoms with E-state index in [0.717, 1.165) is 31.5 Å². The summed E-state index contributed by atoms with van der Waals surface area (Å²) in [5, 5.41) is 2.64. The molecular weight excluding hydrogens is 352 g/mol. The summed E-state index contributed by atoms with van der Waals surface area (Å²) >= 11 is 0. The monoisotopic (exact) mass is 388 g/mol. The van der Waals surface area contributed by atoms with Gasteiger partial charge in [0.1, 0.15) is 0 Å². The smallest absolute Gasteiger partial charge is 0.235 e. The van der Waals surface area contributed by atoms with Crippen molar-refractivity contribution < 1.29 is 14.3 Å². The zero-order valence-corrected chi connectivity index (χ0v) is 17.3. The molecule has 0 spiro atoms. The number of carbonyl (C=O) groups is 2. The van der Waals surface area contributed by atoms with E-state index in [1.165, 1.54) is 32.1 Å². The van der Waals surface area contributed by atoms with E-state index in [2.05, 4.69) is 17.1 Å². The van der Waals surface area contributed by atoms with Crippen LogP contribution in [0.4, 0.5) is 0 Å².